The second-order valence-corrected chi connectivity index (χ2v) is 11.4. The Kier molecular flexibility index (Phi) is 10.4. The monoisotopic (exact) mass is 590 g/mol. The smallest absolute Gasteiger partial charge is 0.288 e. The van der Waals surface area contributed by atoms with Crippen molar-refractivity contribution in [1.29, 1.82) is 0 Å². The molecule has 2 amide bonds. The first-order valence-corrected chi connectivity index (χ1v) is 13.6. The highest BCUT2D eigenvalue weighted by atomic mass is 35.5. The molecule has 2 aromatic heterocycles. The van der Waals surface area contributed by atoms with Gasteiger partial charge < -0.3 is 20.3 Å². The largest absolute Gasteiger partial charge is 0.493 e. The van der Waals surface area contributed by atoms with Crippen molar-refractivity contribution >= 4 is 40.7 Å². The predicted octanol–water partition coefficient (Wildman–Crippen LogP) is 4.29. The van der Waals surface area contributed by atoms with Crippen LogP contribution in [0.15, 0.2) is 41.2 Å². The van der Waals surface area contributed by atoms with E-state index in [9.17, 15) is 14.4 Å². The molecule has 0 aliphatic heterocycles. The first kappa shape index (κ1) is 31.2. The maximum Gasteiger partial charge on any atom is 0.288 e. The second-order valence-electron chi connectivity index (χ2n) is 10.6. The molecule has 0 aliphatic carbocycles. The number of rotatable bonds is 12. The summed E-state index contributed by atoms with van der Waals surface area (Å²) in [7, 11) is 5.54. The predicted molar refractivity (Wildman–Crippen MR) is 158 cm³/mol. The third-order valence-electron chi connectivity index (χ3n) is 6.20. The third-order valence-corrected chi connectivity index (χ3v) is 6.65. The minimum absolute atomic E-state index is 0.0443. The Morgan fingerprint density at radius 1 is 1.20 bits per heavy atom. The number of carbonyl (C=O) groups excluding carboxylic acids is 2. The van der Waals surface area contributed by atoms with Gasteiger partial charge in [0.05, 0.1) is 29.5 Å². The number of H-pyrrole nitrogens is 1. The van der Waals surface area contributed by atoms with Crippen molar-refractivity contribution < 1.29 is 14.3 Å². The highest BCUT2D eigenvalue weighted by Crippen LogP contribution is 2.30. The number of aromatic amines is 1. The summed E-state index contributed by atoms with van der Waals surface area (Å²) in [5.41, 5.74) is 0.660. The number of aryl methyl sites for hydroxylation is 1. The number of amides is 2. The topological polar surface area (TPSA) is 121 Å². The summed E-state index contributed by atoms with van der Waals surface area (Å²) in [5.74, 6) is -0.644. The van der Waals surface area contributed by atoms with Crippen LogP contribution in [0.4, 0.5) is 5.69 Å². The summed E-state index contributed by atoms with van der Waals surface area (Å²) in [4.78, 5) is 45.5. The minimum atomic E-state index is -0.636. The molecule has 12 heteroatoms. The summed E-state index contributed by atoms with van der Waals surface area (Å²) in [6.07, 6.45) is 0.0443. The maximum absolute atomic E-state index is 13.2. The Labute approximate surface area is 244 Å². The molecule has 0 radical (unpaired) electrons. The number of likely N-dealkylation sites (N-methyl/N-ethyl adjacent to an activating group) is 1. The highest BCUT2D eigenvalue weighted by molar-refractivity contribution is 6.31. The van der Waals surface area contributed by atoms with Gasteiger partial charge in [-0.1, -0.05) is 43.1 Å². The van der Waals surface area contributed by atoms with Crippen molar-refractivity contribution in [1.82, 2.24) is 25.0 Å². The van der Waals surface area contributed by atoms with Crippen molar-refractivity contribution in [3.05, 3.63) is 73.9 Å². The molecular formula is C28H36Cl2N6O4. The summed E-state index contributed by atoms with van der Waals surface area (Å²) >= 11 is 12.3. The van der Waals surface area contributed by atoms with Crippen LogP contribution in [0.1, 0.15) is 54.9 Å². The molecule has 0 aliphatic rings. The SMILES string of the molecule is CCOc1ccc(Cl)cc1C(=O)NCC(C)(C)CC(=O)Nc1c(C(CN(C)C)c2cccc(Cl)n2)n(C)[nH]c1=O. The molecule has 40 heavy (non-hydrogen) atoms. The van der Waals surface area contributed by atoms with E-state index in [1.54, 1.807) is 42.1 Å². The molecule has 0 saturated heterocycles. The van der Waals surface area contributed by atoms with E-state index in [0.717, 1.165) is 0 Å². The number of ether oxygens (including phenoxy) is 1. The summed E-state index contributed by atoms with van der Waals surface area (Å²) in [6.45, 7) is 6.66. The molecule has 1 unspecified atom stereocenters. The number of hydrogen-bond donors (Lipinski definition) is 3. The van der Waals surface area contributed by atoms with E-state index in [4.69, 9.17) is 27.9 Å². The van der Waals surface area contributed by atoms with Crippen LogP contribution in [0.2, 0.25) is 10.2 Å². The fourth-order valence-corrected chi connectivity index (χ4v) is 4.78. The van der Waals surface area contributed by atoms with Gasteiger partial charge in [0.1, 0.15) is 16.6 Å². The Hall–Kier alpha value is -3.34. The van der Waals surface area contributed by atoms with Gasteiger partial charge in [0.2, 0.25) is 5.91 Å². The molecule has 1 atom stereocenters. The molecule has 216 valence electrons. The van der Waals surface area contributed by atoms with Gasteiger partial charge in [-0.05, 0) is 56.8 Å². The van der Waals surface area contributed by atoms with Gasteiger partial charge in [-0.3, -0.25) is 24.2 Å². The van der Waals surface area contributed by atoms with Crippen molar-refractivity contribution in [2.45, 2.75) is 33.1 Å². The van der Waals surface area contributed by atoms with Crippen molar-refractivity contribution in [3.63, 3.8) is 0 Å². The summed E-state index contributed by atoms with van der Waals surface area (Å²) < 4.78 is 7.15. The van der Waals surface area contributed by atoms with Crippen LogP contribution < -0.4 is 20.9 Å². The van der Waals surface area contributed by atoms with E-state index in [1.165, 1.54) is 0 Å². The van der Waals surface area contributed by atoms with Crippen LogP contribution in [-0.2, 0) is 11.8 Å². The molecule has 1 aromatic carbocycles. The Bertz CT molecular complexity index is 1420. The number of pyridine rings is 1. The molecule has 0 bridgehead atoms. The zero-order valence-corrected chi connectivity index (χ0v) is 25.1. The lowest BCUT2D eigenvalue weighted by molar-refractivity contribution is -0.118. The van der Waals surface area contributed by atoms with Crippen molar-refractivity contribution in [2.75, 3.05) is 39.1 Å². The number of halogens is 2. The van der Waals surface area contributed by atoms with E-state index >= 15 is 0 Å². The van der Waals surface area contributed by atoms with Crippen molar-refractivity contribution in [3.8, 4) is 5.75 Å². The fraction of sp³-hybridized carbons (Fsp3) is 0.429. The second kappa shape index (κ2) is 13.3. The van der Waals surface area contributed by atoms with Gasteiger partial charge in [0.15, 0.2) is 0 Å². The average Bonchev–Trinajstić information content (AvgIpc) is 3.13. The molecule has 3 N–H and O–H groups in total. The molecule has 0 spiro atoms. The minimum Gasteiger partial charge on any atom is -0.493 e. The van der Waals surface area contributed by atoms with Crippen molar-refractivity contribution in [2.24, 2.45) is 12.5 Å². The number of carbonyl (C=O) groups is 2. The number of hydrogen-bond acceptors (Lipinski definition) is 6. The van der Waals surface area contributed by atoms with Crippen LogP contribution in [-0.4, -0.2) is 65.3 Å². The van der Waals surface area contributed by atoms with E-state index < -0.39 is 11.0 Å². The number of anilines is 1. The summed E-state index contributed by atoms with van der Waals surface area (Å²) in [5, 5.41) is 9.18. The van der Waals surface area contributed by atoms with E-state index in [-0.39, 0.29) is 36.4 Å². The lowest BCUT2D eigenvalue weighted by atomic mass is 9.88. The lowest BCUT2D eigenvalue weighted by Crippen LogP contribution is -2.37. The Morgan fingerprint density at radius 2 is 1.93 bits per heavy atom. The summed E-state index contributed by atoms with van der Waals surface area (Å²) in [6, 6.07) is 10.2. The van der Waals surface area contributed by atoms with Gasteiger partial charge in [-0.15, -0.1) is 0 Å². The highest BCUT2D eigenvalue weighted by Gasteiger charge is 2.29. The molecule has 10 nitrogen and oxygen atoms in total. The zero-order chi connectivity index (χ0) is 29.6. The van der Waals surface area contributed by atoms with Crippen LogP contribution >= 0.6 is 23.2 Å². The molecule has 0 fully saturated rings. The Balaban J connectivity index is 1.77. The number of benzene rings is 1. The van der Waals surface area contributed by atoms with Crippen LogP contribution in [0.5, 0.6) is 5.75 Å². The van der Waals surface area contributed by atoms with Crippen LogP contribution in [0.3, 0.4) is 0 Å². The number of nitrogens with zero attached hydrogens (tertiary/aromatic N) is 3. The maximum atomic E-state index is 13.2. The van der Waals surface area contributed by atoms with Gasteiger partial charge in [-0.2, -0.15) is 0 Å². The third kappa shape index (κ3) is 8.09. The van der Waals surface area contributed by atoms with Gasteiger partial charge in [-0.25, -0.2) is 4.98 Å². The van der Waals surface area contributed by atoms with E-state index in [0.29, 0.717) is 46.0 Å². The number of nitrogens with one attached hydrogen (secondary N) is 3. The van der Waals surface area contributed by atoms with Gasteiger partial charge in [0, 0.05) is 31.6 Å². The average molecular weight is 592 g/mol. The zero-order valence-electron chi connectivity index (χ0n) is 23.6. The lowest BCUT2D eigenvalue weighted by Gasteiger charge is -2.25. The number of aromatic nitrogens is 3. The van der Waals surface area contributed by atoms with Gasteiger partial charge >= 0.3 is 0 Å². The Morgan fingerprint density at radius 3 is 2.58 bits per heavy atom. The van der Waals surface area contributed by atoms with Crippen LogP contribution in [0, 0.1) is 5.41 Å². The van der Waals surface area contributed by atoms with Crippen LogP contribution in [0.25, 0.3) is 0 Å². The normalized spacial score (nSPS) is 12.3. The quantitative estimate of drug-likeness (QED) is 0.270. The van der Waals surface area contributed by atoms with E-state index in [2.05, 4.69) is 20.7 Å². The molecule has 0 saturated carbocycles. The first-order valence-electron chi connectivity index (χ1n) is 12.9. The molecule has 3 rings (SSSR count). The van der Waals surface area contributed by atoms with E-state index in [1.807, 2.05) is 45.8 Å². The fourth-order valence-electron chi connectivity index (χ4n) is 4.44. The standard InChI is InChI=1S/C28H36Cl2N6O4/c1-7-40-21-12-11-17(29)13-18(21)26(38)31-16-28(2,3)14-23(37)33-24-25(36(6)34-27(24)39)19(15-35(4)5)20-9-8-10-22(30)32-20/h8-13,19H,7,14-16H2,1-6H3,(H,31,38)(H,33,37)(H,34,39). The molecule has 3 aromatic rings. The molecule has 2 heterocycles. The van der Waals surface area contributed by atoms with Gasteiger partial charge in [0.25, 0.3) is 11.5 Å². The molecular weight excluding hydrogens is 555 g/mol. The first-order chi connectivity index (χ1) is 18.8.